The van der Waals surface area contributed by atoms with Gasteiger partial charge in [0.05, 0.1) is 11.6 Å². The maximum Gasteiger partial charge on any atom is 0.267 e. The molecule has 2 aliphatic rings. The van der Waals surface area contributed by atoms with Crippen LogP contribution in [0.3, 0.4) is 0 Å². The van der Waals surface area contributed by atoms with Gasteiger partial charge in [-0.25, -0.2) is 0 Å². The minimum Gasteiger partial charge on any atom is -0.351 e. The molecule has 1 aliphatic carbocycles. The molecule has 0 bridgehead atoms. The second kappa shape index (κ2) is 9.18. The van der Waals surface area contributed by atoms with Gasteiger partial charge in [-0.3, -0.25) is 9.69 Å². The molecule has 164 valence electrons. The van der Waals surface area contributed by atoms with Crippen molar-refractivity contribution in [3.05, 3.63) is 70.9 Å². The van der Waals surface area contributed by atoms with Crippen molar-refractivity contribution in [3.63, 3.8) is 0 Å². The van der Waals surface area contributed by atoms with Crippen LogP contribution >= 0.6 is 0 Å². The number of rotatable bonds is 5. The number of benzene rings is 2. The molecule has 1 saturated carbocycles. The first-order chi connectivity index (χ1) is 15.7. The molecule has 2 aromatic carbocycles. The molecule has 0 spiro atoms. The van der Waals surface area contributed by atoms with E-state index in [9.17, 15) is 4.79 Å². The summed E-state index contributed by atoms with van der Waals surface area (Å²) in [5.74, 6) is 0.759. The molecule has 2 N–H and O–H groups in total. The highest BCUT2D eigenvalue weighted by Gasteiger charge is 2.24. The SMILES string of the molecule is N#Cc1ccc2c(c1)CCN(CCC1CCC(NC(=O)c3cc4ccccc4[nH]3)CC1)C2. The van der Waals surface area contributed by atoms with Gasteiger partial charge >= 0.3 is 0 Å². The molecule has 2 heterocycles. The summed E-state index contributed by atoms with van der Waals surface area (Å²) in [6.45, 7) is 3.21. The number of nitriles is 1. The van der Waals surface area contributed by atoms with Gasteiger partial charge in [0.1, 0.15) is 5.69 Å². The van der Waals surface area contributed by atoms with E-state index in [4.69, 9.17) is 5.26 Å². The van der Waals surface area contributed by atoms with Gasteiger partial charge in [-0.2, -0.15) is 5.26 Å². The highest BCUT2D eigenvalue weighted by Crippen LogP contribution is 2.28. The Morgan fingerprint density at radius 1 is 1.09 bits per heavy atom. The predicted molar refractivity (Wildman–Crippen MR) is 126 cm³/mol. The maximum absolute atomic E-state index is 12.7. The lowest BCUT2D eigenvalue weighted by atomic mass is 9.84. The highest BCUT2D eigenvalue weighted by atomic mass is 16.1. The molecule has 1 aliphatic heterocycles. The molecule has 3 aromatic rings. The Morgan fingerprint density at radius 2 is 1.94 bits per heavy atom. The Hall–Kier alpha value is -3.10. The first-order valence-corrected chi connectivity index (χ1v) is 11.8. The lowest BCUT2D eigenvalue weighted by molar-refractivity contribution is 0.0915. The second-order valence-corrected chi connectivity index (χ2v) is 9.37. The molecule has 32 heavy (non-hydrogen) atoms. The van der Waals surface area contributed by atoms with E-state index in [0.717, 1.165) is 61.3 Å². The molecular formula is C27H30N4O. The van der Waals surface area contributed by atoms with E-state index in [1.54, 1.807) is 0 Å². The molecule has 0 radical (unpaired) electrons. The minimum atomic E-state index is 0.0104. The fraction of sp³-hybridized carbons (Fsp3) is 0.407. The van der Waals surface area contributed by atoms with Crippen LogP contribution in [0.1, 0.15) is 59.3 Å². The summed E-state index contributed by atoms with van der Waals surface area (Å²) in [6, 6.07) is 18.6. The van der Waals surface area contributed by atoms with Crippen molar-refractivity contribution in [2.45, 2.75) is 51.1 Å². The van der Waals surface area contributed by atoms with Gasteiger partial charge in [0, 0.05) is 30.0 Å². The number of H-pyrrole nitrogens is 1. The number of para-hydroxylation sites is 1. The number of nitrogens with one attached hydrogen (secondary N) is 2. The third-order valence-electron chi connectivity index (χ3n) is 7.24. The number of hydrogen-bond donors (Lipinski definition) is 2. The smallest absolute Gasteiger partial charge is 0.267 e. The summed E-state index contributed by atoms with van der Waals surface area (Å²) in [7, 11) is 0. The number of amides is 1. The average Bonchev–Trinajstić information content (AvgIpc) is 3.28. The normalized spacial score (nSPS) is 21.1. The molecule has 5 rings (SSSR count). The number of nitrogens with zero attached hydrogens (tertiary/aromatic N) is 2. The number of fused-ring (bicyclic) bond motifs is 2. The minimum absolute atomic E-state index is 0.0104. The molecule has 0 saturated heterocycles. The van der Waals surface area contributed by atoms with Crippen molar-refractivity contribution in [1.29, 1.82) is 5.26 Å². The summed E-state index contributed by atoms with van der Waals surface area (Å²) < 4.78 is 0. The van der Waals surface area contributed by atoms with Crippen LogP contribution in [0.4, 0.5) is 0 Å². The number of hydrogen-bond acceptors (Lipinski definition) is 3. The first kappa shape index (κ1) is 20.8. The van der Waals surface area contributed by atoms with Gasteiger partial charge in [0.15, 0.2) is 0 Å². The standard InChI is InChI=1S/C27H30N4O/c28-17-20-5-8-23-18-31(14-12-21(23)15-20)13-11-19-6-9-24(10-7-19)29-27(32)26-16-22-3-1-2-4-25(22)30-26/h1-5,8,15-16,19,24,30H,6-7,9-14,18H2,(H,29,32). The fourth-order valence-corrected chi connectivity index (χ4v) is 5.29. The summed E-state index contributed by atoms with van der Waals surface area (Å²) in [4.78, 5) is 18.5. The molecule has 0 atom stereocenters. The molecule has 5 nitrogen and oxygen atoms in total. The van der Waals surface area contributed by atoms with Crippen LogP contribution in [-0.2, 0) is 13.0 Å². The van der Waals surface area contributed by atoms with E-state index < -0.39 is 0 Å². The second-order valence-electron chi connectivity index (χ2n) is 9.37. The lowest BCUT2D eigenvalue weighted by Gasteiger charge is -2.33. The highest BCUT2D eigenvalue weighted by molar-refractivity contribution is 5.98. The predicted octanol–water partition coefficient (Wildman–Crippen LogP) is 4.78. The zero-order valence-corrected chi connectivity index (χ0v) is 18.4. The molecular weight excluding hydrogens is 396 g/mol. The molecule has 5 heteroatoms. The van der Waals surface area contributed by atoms with Crippen LogP contribution in [0.5, 0.6) is 0 Å². The Kier molecular flexibility index (Phi) is 5.96. The van der Waals surface area contributed by atoms with Crippen LogP contribution in [0.2, 0.25) is 0 Å². The van der Waals surface area contributed by atoms with Crippen LogP contribution in [0.25, 0.3) is 10.9 Å². The van der Waals surface area contributed by atoms with E-state index in [1.807, 2.05) is 36.4 Å². The quantitative estimate of drug-likeness (QED) is 0.617. The van der Waals surface area contributed by atoms with Gasteiger partial charge < -0.3 is 10.3 Å². The van der Waals surface area contributed by atoms with Crippen molar-refractivity contribution >= 4 is 16.8 Å². The van der Waals surface area contributed by atoms with E-state index in [-0.39, 0.29) is 11.9 Å². The third-order valence-corrected chi connectivity index (χ3v) is 7.24. The maximum atomic E-state index is 12.7. The number of aromatic nitrogens is 1. The summed E-state index contributed by atoms with van der Waals surface area (Å²) in [5, 5.41) is 13.4. The van der Waals surface area contributed by atoms with Crippen molar-refractivity contribution in [1.82, 2.24) is 15.2 Å². The molecule has 0 unspecified atom stereocenters. The summed E-state index contributed by atoms with van der Waals surface area (Å²) >= 11 is 0. The van der Waals surface area contributed by atoms with Crippen molar-refractivity contribution in [3.8, 4) is 6.07 Å². The van der Waals surface area contributed by atoms with E-state index in [0.29, 0.717) is 5.69 Å². The molecule has 1 fully saturated rings. The van der Waals surface area contributed by atoms with E-state index in [2.05, 4.69) is 33.4 Å². The number of carbonyl (C=O) groups is 1. The van der Waals surface area contributed by atoms with E-state index in [1.165, 1.54) is 30.4 Å². The van der Waals surface area contributed by atoms with Crippen LogP contribution in [0, 0.1) is 17.2 Å². The molecule has 1 aromatic heterocycles. The Labute approximate surface area is 189 Å². The Balaban J connectivity index is 1.07. The molecule has 1 amide bonds. The van der Waals surface area contributed by atoms with Crippen molar-refractivity contribution in [2.24, 2.45) is 5.92 Å². The van der Waals surface area contributed by atoms with Crippen LogP contribution < -0.4 is 5.32 Å². The first-order valence-electron chi connectivity index (χ1n) is 11.8. The zero-order valence-electron chi connectivity index (χ0n) is 18.4. The summed E-state index contributed by atoms with van der Waals surface area (Å²) in [5.41, 5.74) is 5.14. The zero-order chi connectivity index (χ0) is 21.9. The fourth-order valence-electron chi connectivity index (χ4n) is 5.29. The monoisotopic (exact) mass is 426 g/mol. The topological polar surface area (TPSA) is 71.9 Å². The van der Waals surface area contributed by atoms with Crippen LogP contribution in [0.15, 0.2) is 48.5 Å². The van der Waals surface area contributed by atoms with Gasteiger partial charge in [0.2, 0.25) is 0 Å². The third kappa shape index (κ3) is 4.56. The Morgan fingerprint density at radius 3 is 2.75 bits per heavy atom. The Bertz CT molecular complexity index is 1120. The van der Waals surface area contributed by atoms with Gasteiger partial charge in [-0.1, -0.05) is 24.3 Å². The van der Waals surface area contributed by atoms with Crippen molar-refractivity contribution < 1.29 is 4.79 Å². The lowest BCUT2D eigenvalue weighted by Crippen LogP contribution is -2.38. The van der Waals surface area contributed by atoms with Crippen molar-refractivity contribution in [2.75, 3.05) is 13.1 Å². The number of carbonyl (C=O) groups excluding carboxylic acids is 1. The van der Waals surface area contributed by atoms with Gasteiger partial charge in [-0.15, -0.1) is 0 Å². The largest absolute Gasteiger partial charge is 0.351 e. The summed E-state index contributed by atoms with van der Waals surface area (Å²) in [6.07, 6.45) is 6.78. The van der Waals surface area contributed by atoms with Gasteiger partial charge in [0.25, 0.3) is 5.91 Å². The average molecular weight is 427 g/mol. The van der Waals surface area contributed by atoms with Crippen LogP contribution in [-0.4, -0.2) is 34.9 Å². The number of aromatic amines is 1. The van der Waals surface area contributed by atoms with Gasteiger partial charge in [-0.05, 0) is 86.4 Å². The van der Waals surface area contributed by atoms with E-state index >= 15 is 0 Å².